The van der Waals surface area contributed by atoms with E-state index in [1.165, 1.54) is 0 Å². The van der Waals surface area contributed by atoms with Gasteiger partial charge in [-0.25, -0.2) is 8.42 Å². The van der Waals surface area contributed by atoms with E-state index in [1.807, 2.05) is 0 Å². The van der Waals surface area contributed by atoms with Crippen LogP contribution in [0.2, 0.25) is 0 Å². The number of hydrogen-bond donors (Lipinski definition) is 1. The van der Waals surface area contributed by atoms with E-state index in [4.69, 9.17) is 0 Å². The molecule has 114 valence electrons. The second-order valence-corrected chi connectivity index (χ2v) is 8.83. The lowest BCUT2D eigenvalue weighted by Gasteiger charge is -2.29. The Hall–Kier alpha value is -0.130. The molecule has 0 saturated carbocycles. The van der Waals surface area contributed by atoms with Crippen molar-refractivity contribution >= 4 is 9.84 Å². The lowest BCUT2D eigenvalue weighted by atomic mass is 10.1. The minimum absolute atomic E-state index is 0.139. The van der Waals surface area contributed by atoms with E-state index < -0.39 is 9.84 Å². The molecule has 19 heavy (non-hydrogen) atoms. The Morgan fingerprint density at radius 2 is 1.74 bits per heavy atom. The number of rotatable bonds is 7. The minimum Gasteiger partial charge on any atom is -0.312 e. The van der Waals surface area contributed by atoms with Gasteiger partial charge in [0.05, 0.1) is 11.5 Å². The number of sulfone groups is 1. The zero-order chi connectivity index (χ0) is 14.5. The van der Waals surface area contributed by atoms with Crippen LogP contribution in [-0.4, -0.2) is 57.0 Å². The van der Waals surface area contributed by atoms with Crippen LogP contribution in [0.3, 0.4) is 0 Å². The van der Waals surface area contributed by atoms with Crippen LogP contribution < -0.4 is 5.32 Å². The summed E-state index contributed by atoms with van der Waals surface area (Å²) in [5.41, 5.74) is 0. The number of nitrogens with zero attached hydrogens (tertiary/aromatic N) is 1. The van der Waals surface area contributed by atoms with Crippen LogP contribution in [-0.2, 0) is 9.84 Å². The van der Waals surface area contributed by atoms with E-state index in [9.17, 15) is 8.42 Å². The highest BCUT2D eigenvalue weighted by Gasteiger charge is 2.24. The SMILES string of the molecule is CC(C)CN(CCC1CS(=O)(=O)CCN1)CC(C)C. The lowest BCUT2D eigenvalue weighted by Crippen LogP contribution is -2.47. The Kier molecular flexibility index (Phi) is 6.77. The first kappa shape index (κ1) is 16.9. The molecule has 0 radical (unpaired) electrons. The first-order chi connectivity index (χ1) is 8.78. The molecule has 5 heteroatoms. The summed E-state index contributed by atoms with van der Waals surface area (Å²) in [7, 11) is -2.81. The fourth-order valence-electron chi connectivity index (χ4n) is 2.68. The highest BCUT2D eigenvalue weighted by molar-refractivity contribution is 7.91. The zero-order valence-electron chi connectivity index (χ0n) is 12.9. The van der Waals surface area contributed by atoms with Crippen LogP contribution >= 0.6 is 0 Å². The fourth-order valence-corrected chi connectivity index (χ4v) is 4.17. The van der Waals surface area contributed by atoms with E-state index in [0.29, 0.717) is 29.9 Å². The fraction of sp³-hybridized carbons (Fsp3) is 1.00. The third-order valence-corrected chi connectivity index (χ3v) is 5.08. The van der Waals surface area contributed by atoms with E-state index >= 15 is 0 Å². The van der Waals surface area contributed by atoms with E-state index in [0.717, 1.165) is 26.1 Å². The van der Waals surface area contributed by atoms with Crippen molar-refractivity contribution in [1.29, 1.82) is 0 Å². The van der Waals surface area contributed by atoms with E-state index in [2.05, 4.69) is 37.9 Å². The summed E-state index contributed by atoms with van der Waals surface area (Å²) in [6, 6.07) is 0.139. The standard InChI is InChI=1S/C14H30N2O2S/c1-12(2)9-16(10-13(3)4)7-5-14-11-19(17,18)8-6-15-14/h12-15H,5-11H2,1-4H3. The second kappa shape index (κ2) is 7.60. The summed E-state index contributed by atoms with van der Waals surface area (Å²) in [5.74, 6) is 1.92. The highest BCUT2D eigenvalue weighted by atomic mass is 32.2. The van der Waals surface area contributed by atoms with Crippen molar-refractivity contribution in [2.45, 2.75) is 40.2 Å². The van der Waals surface area contributed by atoms with Gasteiger partial charge < -0.3 is 10.2 Å². The molecule has 1 aliphatic heterocycles. The van der Waals surface area contributed by atoms with Crippen molar-refractivity contribution in [3.8, 4) is 0 Å². The van der Waals surface area contributed by atoms with E-state index in [1.54, 1.807) is 0 Å². The third kappa shape index (κ3) is 7.28. The molecule has 1 atom stereocenters. The van der Waals surface area contributed by atoms with Gasteiger partial charge in [-0.1, -0.05) is 27.7 Å². The maximum Gasteiger partial charge on any atom is 0.153 e. The first-order valence-electron chi connectivity index (χ1n) is 7.44. The van der Waals surface area contributed by atoms with Gasteiger partial charge in [0.2, 0.25) is 0 Å². The van der Waals surface area contributed by atoms with Gasteiger partial charge in [0.25, 0.3) is 0 Å². The lowest BCUT2D eigenvalue weighted by molar-refractivity contribution is 0.210. The maximum atomic E-state index is 11.6. The van der Waals surface area contributed by atoms with Gasteiger partial charge >= 0.3 is 0 Å². The van der Waals surface area contributed by atoms with Crippen molar-refractivity contribution in [2.75, 3.05) is 37.7 Å². The molecule has 0 amide bonds. The van der Waals surface area contributed by atoms with Gasteiger partial charge in [-0.3, -0.25) is 0 Å². The molecule has 1 heterocycles. The average Bonchev–Trinajstić information content (AvgIpc) is 2.23. The number of hydrogen-bond acceptors (Lipinski definition) is 4. The molecule has 1 unspecified atom stereocenters. The third-order valence-electron chi connectivity index (χ3n) is 3.34. The van der Waals surface area contributed by atoms with E-state index in [-0.39, 0.29) is 6.04 Å². The molecule has 1 aliphatic rings. The molecular weight excluding hydrogens is 260 g/mol. The van der Waals surface area contributed by atoms with Gasteiger partial charge in [-0.2, -0.15) is 0 Å². The summed E-state index contributed by atoms with van der Waals surface area (Å²) in [6.07, 6.45) is 0.929. The zero-order valence-corrected chi connectivity index (χ0v) is 13.7. The minimum atomic E-state index is -2.81. The largest absolute Gasteiger partial charge is 0.312 e. The summed E-state index contributed by atoms with van der Waals surface area (Å²) >= 11 is 0. The molecule has 1 rings (SSSR count). The molecule has 0 bridgehead atoms. The monoisotopic (exact) mass is 290 g/mol. The normalized spacial score (nSPS) is 23.4. The van der Waals surface area contributed by atoms with Gasteiger partial charge in [-0.05, 0) is 24.8 Å². The summed E-state index contributed by atoms with van der Waals surface area (Å²) in [4.78, 5) is 2.47. The summed E-state index contributed by atoms with van der Waals surface area (Å²) in [5, 5.41) is 3.33. The van der Waals surface area contributed by atoms with Crippen molar-refractivity contribution in [3.05, 3.63) is 0 Å². The van der Waals surface area contributed by atoms with Crippen molar-refractivity contribution in [2.24, 2.45) is 11.8 Å². The van der Waals surface area contributed by atoms with Crippen LogP contribution in [0.1, 0.15) is 34.1 Å². The predicted octanol–water partition coefficient (Wildman–Crippen LogP) is 1.38. The maximum absolute atomic E-state index is 11.6. The van der Waals surface area contributed by atoms with Gasteiger partial charge in [-0.15, -0.1) is 0 Å². The molecule has 1 saturated heterocycles. The Labute approximate surface area is 118 Å². The Balaban J connectivity index is 2.42. The topological polar surface area (TPSA) is 49.4 Å². The van der Waals surface area contributed by atoms with Gasteiger partial charge in [0.1, 0.15) is 0 Å². The summed E-state index contributed by atoms with van der Waals surface area (Å²) < 4.78 is 23.2. The Morgan fingerprint density at radius 1 is 1.16 bits per heavy atom. The number of nitrogens with one attached hydrogen (secondary N) is 1. The van der Waals surface area contributed by atoms with Crippen LogP contribution in [0.5, 0.6) is 0 Å². The van der Waals surface area contributed by atoms with Gasteiger partial charge in [0, 0.05) is 25.7 Å². The molecular formula is C14H30N2O2S. The highest BCUT2D eigenvalue weighted by Crippen LogP contribution is 2.09. The van der Waals surface area contributed by atoms with Crippen LogP contribution in [0, 0.1) is 11.8 Å². The molecule has 0 spiro atoms. The Bertz CT molecular complexity index is 342. The average molecular weight is 290 g/mol. The molecule has 0 aromatic rings. The van der Waals surface area contributed by atoms with Crippen LogP contribution in [0.4, 0.5) is 0 Å². The molecule has 1 N–H and O–H groups in total. The van der Waals surface area contributed by atoms with Crippen LogP contribution in [0.15, 0.2) is 0 Å². The Morgan fingerprint density at radius 3 is 2.21 bits per heavy atom. The van der Waals surface area contributed by atoms with Crippen molar-refractivity contribution in [1.82, 2.24) is 10.2 Å². The molecule has 0 aliphatic carbocycles. The molecule has 0 aromatic heterocycles. The van der Waals surface area contributed by atoms with Crippen molar-refractivity contribution in [3.63, 3.8) is 0 Å². The second-order valence-electron chi connectivity index (χ2n) is 6.60. The quantitative estimate of drug-likeness (QED) is 0.769. The van der Waals surface area contributed by atoms with Crippen LogP contribution in [0.25, 0.3) is 0 Å². The molecule has 0 aromatic carbocycles. The van der Waals surface area contributed by atoms with Gasteiger partial charge in [0.15, 0.2) is 9.84 Å². The predicted molar refractivity (Wildman–Crippen MR) is 81.2 cm³/mol. The molecule has 4 nitrogen and oxygen atoms in total. The van der Waals surface area contributed by atoms with Crippen molar-refractivity contribution < 1.29 is 8.42 Å². The summed E-state index contributed by atoms with van der Waals surface area (Å²) in [6.45, 7) is 12.7. The first-order valence-corrected chi connectivity index (χ1v) is 9.27. The smallest absolute Gasteiger partial charge is 0.153 e. The molecule has 1 fully saturated rings.